The van der Waals surface area contributed by atoms with Crippen LogP contribution in [0.5, 0.6) is 0 Å². The first-order chi connectivity index (χ1) is 9.10. The number of aryl methyl sites for hydroxylation is 1. The van der Waals surface area contributed by atoms with Gasteiger partial charge in [-0.3, -0.25) is 4.79 Å². The second-order valence-corrected chi connectivity index (χ2v) is 4.75. The average Bonchev–Trinajstić information content (AvgIpc) is 2.39. The molecule has 4 heteroatoms. The van der Waals surface area contributed by atoms with Gasteiger partial charge >= 0.3 is 0 Å². The first kappa shape index (κ1) is 15.5. The van der Waals surface area contributed by atoms with Gasteiger partial charge in [0, 0.05) is 18.8 Å². The molecule has 1 rings (SSSR count). The molecule has 0 aromatic heterocycles. The molecule has 3 N–H and O–H groups in total. The number of nitrogens with one attached hydrogen (secondary N) is 1. The van der Waals surface area contributed by atoms with Gasteiger partial charge in [0.15, 0.2) is 0 Å². The number of benzene rings is 1. The maximum atomic E-state index is 12.0. The van der Waals surface area contributed by atoms with E-state index in [9.17, 15) is 4.79 Å². The first-order valence-electron chi connectivity index (χ1n) is 6.91. The number of nitrogens with two attached hydrogens (primary N) is 1. The van der Waals surface area contributed by atoms with Crippen molar-refractivity contribution < 1.29 is 4.79 Å². The van der Waals surface area contributed by atoms with Crippen LogP contribution in [0.3, 0.4) is 0 Å². The molecule has 0 heterocycles. The Balaban J connectivity index is 2.90. The van der Waals surface area contributed by atoms with Gasteiger partial charge in [-0.15, -0.1) is 0 Å². The first-order valence-corrected chi connectivity index (χ1v) is 6.91. The highest BCUT2D eigenvalue weighted by Crippen LogP contribution is 2.19. The van der Waals surface area contributed by atoms with Crippen LogP contribution in [0.1, 0.15) is 25.8 Å². The largest absolute Gasteiger partial charge is 0.360 e. The van der Waals surface area contributed by atoms with Crippen LogP contribution in [0.4, 0.5) is 5.69 Å². The number of anilines is 1. The third kappa shape index (κ3) is 4.56. The Morgan fingerprint density at radius 1 is 1.47 bits per heavy atom. The van der Waals surface area contributed by atoms with Crippen LogP contribution >= 0.6 is 0 Å². The van der Waals surface area contributed by atoms with Crippen LogP contribution in [-0.2, 0) is 4.79 Å². The number of hydrogen-bond acceptors (Lipinski definition) is 3. The molecule has 0 aliphatic carbocycles. The van der Waals surface area contributed by atoms with Gasteiger partial charge in [-0.25, -0.2) is 0 Å². The second-order valence-electron chi connectivity index (χ2n) is 4.75. The van der Waals surface area contributed by atoms with E-state index >= 15 is 0 Å². The molecule has 0 bridgehead atoms. The molecule has 0 saturated carbocycles. The Morgan fingerprint density at radius 2 is 2.21 bits per heavy atom. The average molecular weight is 263 g/mol. The van der Waals surface area contributed by atoms with E-state index in [0.29, 0.717) is 13.1 Å². The van der Waals surface area contributed by atoms with Crippen molar-refractivity contribution in [3.63, 3.8) is 0 Å². The Bertz CT molecular complexity index is 406. The molecule has 1 atom stereocenters. The molecule has 19 heavy (non-hydrogen) atoms. The van der Waals surface area contributed by atoms with E-state index in [0.717, 1.165) is 18.7 Å². The summed E-state index contributed by atoms with van der Waals surface area (Å²) in [7, 11) is 0. The summed E-state index contributed by atoms with van der Waals surface area (Å²) in [6.45, 7) is 8.00. The molecule has 0 aliphatic rings. The van der Waals surface area contributed by atoms with Gasteiger partial charge in [0.2, 0.25) is 5.91 Å². The smallest absolute Gasteiger partial charge is 0.242 e. The van der Waals surface area contributed by atoms with Gasteiger partial charge in [0.1, 0.15) is 6.04 Å². The zero-order chi connectivity index (χ0) is 14.3. The molecule has 4 nitrogen and oxygen atoms in total. The number of carbonyl (C=O) groups excluding carboxylic acids is 1. The SMILES string of the molecule is CCNC(=O)C(C)N(CCCN)c1cccc(C)c1. The number of carbonyl (C=O) groups is 1. The van der Waals surface area contributed by atoms with E-state index < -0.39 is 0 Å². The molecule has 106 valence electrons. The van der Waals surface area contributed by atoms with Crippen LogP contribution in [0.15, 0.2) is 24.3 Å². The van der Waals surface area contributed by atoms with Gasteiger partial charge in [-0.2, -0.15) is 0 Å². The Hall–Kier alpha value is -1.55. The summed E-state index contributed by atoms with van der Waals surface area (Å²) < 4.78 is 0. The van der Waals surface area contributed by atoms with Crippen molar-refractivity contribution in [1.29, 1.82) is 0 Å². The molecule has 0 spiro atoms. The van der Waals surface area contributed by atoms with Crippen molar-refractivity contribution in [1.82, 2.24) is 5.32 Å². The predicted molar refractivity (Wildman–Crippen MR) is 80.3 cm³/mol. The molecule has 1 amide bonds. The summed E-state index contributed by atoms with van der Waals surface area (Å²) in [6.07, 6.45) is 0.873. The number of nitrogens with zero attached hydrogens (tertiary/aromatic N) is 1. The summed E-state index contributed by atoms with van der Waals surface area (Å²) in [5.41, 5.74) is 7.86. The summed E-state index contributed by atoms with van der Waals surface area (Å²) in [4.78, 5) is 14.1. The fourth-order valence-corrected chi connectivity index (χ4v) is 2.08. The minimum absolute atomic E-state index is 0.0565. The fourth-order valence-electron chi connectivity index (χ4n) is 2.08. The van der Waals surface area contributed by atoms with Gasteiger partial charge in [-0.05, 0) is 51.4 Å². The molecular formula is C15H25N3O. The van der Waals surface area contributed by atoms with E-state index in [1.165, 1.54) is 5.56 Å². The summed E-state index contributed by atoms with van der Waals surface area (Å²) in [6, 6.07) is 8.03. The lowest BCUT2D eigenvalue weighted by Gasteiger charge is -2.30. The quantitative estimate of drug-likeness (QED) is 0.787. The van der Waals surface area contributed by atoms with E-state index in [1.807, 2.05) is 26.0 Å². The van der Waals surface area contributed by atoms with Gasteiger partial charge < -0.3 is 16.0 Å². The molecule has 1 unspecified atom stereocenters. The van der Waals surface area contributed by atoms with Crippen molar-refractivity contribution in [3.8, 4) is 0 Å². The molecular weight excluding hydrogens is 238 g/mol. The van der Waals surface area contributed by atoms with Crippen LogP contribution < -0.4 is 16.0 Å². The second kappa shape index (κ2) is 7.79. The number of likely N-dealkylation sites (N-methyl/N-ethyl adjacent to an activating group) is 1. The van der Waals surface area contributed by atoms with Crippen LogP contribution in [0, 0.1) is 6.92 Å². The van der Waals surface area contributed by atoms with Crippen molar-refractivity contribution in [2.24, 2.45) is 5.73 Å². The van der Waals surface area contributed by atoms with Crippen molar-refractivity contribution >= 4 is 11.6 Å². The van der Waals surface area contributed by atoms with Crippen LogP contribution in [0.2, 0.25) is 0 Å². The van der Waals surface area contributed by atoms with Crippen molar-refractivity contribution in [2.45, 2.75) is 33.2 Å². The predicted octanol–water partition coefficient (Wildman–Crippen LogP) is 1.67. The van der Waals surface area contributed by atoms with Gasteiger partial charge in [0.25, 0.3) is 0 Å². The van der Waals surface area contributed by atoms with E-state index in [2.05, 4.69) is 29.3 Å². The Kier molecular flexibility index (Phi) is 6.36. The van der Waals surface area contributed by atoms with Crippen LogP contribution in [0.25, 0.3) is 0 Å². The topological polar surface area (TPSA) is 58.4 Å². The standard InChI is InChI=1S/C15H25N3O/c1-4-17-15(19)13(3)18(10-6-9-16)14-8-5-7-12(2)11-14/h5,7-8,11,13H,4,6,9-10,16H2,1-3H3,(H,17,19). The lowest BCUT2D eigenvalue weighted by atomic mass is 10.1. The molecule has 0 saturated heterocycles. The lowest BCUT2D eigenvalue weighted by molar-refractivity contribution is -0.121. The summed E-state index contributed by atoms with van der Waals surface area (Å²) in [5.74, 6) is 0.0565. The van der Waals surface area contributed by atoms with Gasteiger partial charge in [-0.1, -0.05) is 12.1 Å². The minimum atomic E-state index is -0.187. The highest BCUT2D eigenvalue weighted by molar-refractivity contribution is 5.84. The van der Waals surface area contributed by atoms with Gasteiger partial charge in [0.05, 0.1) is 0 Å². The minimum Gasteiger partial charge on any atom is -0.360 e. The van der Waals surface area contributed by atoms with Crippen molar-refractivity contribution in [2.75, 3.05) is 24.5 Å². The summed E-state index contributed by atoms with van der Waals surface area (Å²) >= 11 is 0. The maximum absolute atomic E-state index is 12.0. The monoisotopic (exact) mass is 263 g/mol. The van der Waals surface area contributed by atoms with Crippen LogP contribution in [-0.4, -0.2) is 31.6 Å². The third-order valence-electron chi connectivity index (χ3n) is 3.13. The highest BCUT2D eigenvalue weighted by atomic mass is 16.2. The molecule has 1 aromatic carbocycles. The number of rotatable bonds is 7. The zero-order valence-electron chi connectivity index (χ0n) is 12.1. The molecule has 1 aromatic rings. The molecule has 0 fully saturated rings. The normalized spacial score (nSPS) is 12.0. The fraction of sp³-hybridized carbons (Fsp3) is 0.533. The molecule has 0 aliphatic heterocycles. The Labute approximate surface area is 116 Å². The van der Waals surface area contributed by atoms with E-state index in [4.69, 9.17) is 5.73 Å². The summed E-state index contributed by atoms with van der Waals surface area (Å²) in [5, 5.41) is 2.87. The third-order valence-corrected chi connectivity index (χ3v) is 3.13. The molecule has 0 radical (unpaired) electrons. The number of hydrogen-bond donors (Lipinski definition) is 2. The van der Waals surface area contributed by atoms with E-state index in [-0.39, 0.29) is 11.9 Å². The van der Waals surface area contributed by atoms with E-state index in [1.54, 1.807) is 0 Å². The zero-order valence-corrected chi connectivity index (χ0v) is 12.1. The highest BCUT2D eigenvalue weighted by Gasteiger charge is 2.20. The lowest BCUT2D eigenvalue weighted by Crippen LogP contribution is -2.46. The van der Waals surface area contributed by atoms with Crippen molar-refractivity contribution in [3.05, 3.63) is 29.8 Å². The maximum Gasteiger partial charge on any atom is 0.242 e. The Morgan fingerprint density at radius 3 is 2.79 bits per heavy atom. The number of amides is 1.